The van der Waals surface area contributed by atoms with Crippen LogP contribution in [0.3, 0.4) is 0 Å². The van der Waals surface area contributed by atoms with E-state index < -0.39 is 23.4 Å². The quantitative estimate of drug-likeness (QED) is 0.382. The van der Waals surface area contributed by atoms with E-state index >= 15 is 0 Å². The van der Waals surface area contributed by atoms with Gasteiger partial charge in [0.05, 0.1) is 20.7 Å². The summed E-state index contributed by atoms with van der Waals surface area (Å²) in [7, 11) is 0. The summed E-state index contributed by atoms with van der Waals surface area (Å²) < 4.78 is 16.4. The monoisotopic (exact) mass is 415 g/mol. The summed E-state index contributed by atoms with van der Waals surface area (Å²) in [5.41, 5.74) is 0.686. The molecule has 3 aromatic rings. The first-order valence-corrected chi connectivity index (χ1v) is 9.23. The highest BCUT2D eigenvalue weighted by Crippen LogP contribution is 2.31. The molecule has 1 aliphatic rings. The Morgan fingerprint density at radius 1 is 1.17 bits per heavy atom. The van der Waals surface area contributed by atoms with Crippen LogP contribution < -0.4 is 14.8 Å². The number of benzene rings is 2. The van der Waals surface area contributed by atoms with Crippen molar-refractivity contribution in [1.29, 1.82) is 0 Å². The van der Waals surface area contributed by atoms with Gasteiger partial charge >= 0.3 is 5.97 Å². The van der Waals surface area contributed by atoms with Crippen molar-refractivity contribution in [2.24, 2.45) is 0 Å². The predicted octanol–water partition coefficient (Wildman–Crippen LogP) is 2.77. The highest BCUT2D eigenvalue weighted by molar-refractivity contribution is 7.22. The van der Waals surface area contributed by atoms with Crippen molar-refractivity contribution in [3.63, 3.8) is 0 Å². The van der Waals surface area contributed by atoms with Gasteiger partial charge in [-0.2, -0.15) is 0 Å². The molecule has 10 nitrogen and oxygen atoms in total. The van der Waals surface area contributed by atoms with E-state index in [0.717, 1.165) is 11.3 Å². The Balaban J connectivity index is 1.36. The van der Waals surface area contributed by atoms with Gasteiger partial charge in [0.15, 0.2) is 23.2 Å². The molecule has 148 valence electrons. The highest BCUT2D eigenvalue weighted by atomic mass is 32.1. The minimum atomic E-state index is -0.683. The lowest BCUT2D eigenvalue weighted by Gasteiger charge is -2.18. The first-order valence-electron chi connectivity index (χ1n) is 8.41. The predicted molar refractivity (Wildman–Crippen MR) is 103 cm³/mol. The summed E-state index contributed by atoms with van der Waals surface area (Å²) in [6.07, 6.45) is 0. The van der Waals surface area contributed by atoms with Gasteiger partial charge in [0.2, 0.25) is 0 Å². The SMILES string of the molecule is O=C(COC(=O)c1ccc2c(c1)OCCO2)Nc1nc2ccc([N+](=O)[O-])cc2s1. The minimum Gasteiger partial charge on any atom is -0.486 e. The number of anilines is 1. The van der Waals surface area contributed by atoms with Gasteiger partial charge in [-0.3, -0.25) is 20.2 Å². The number of ether oxygens (including phenoxy) is 3. The number of non-ortho nitro benzene ring substituents is 1. The van der Waals surface area contributed by atoms with Crippen LogP contribution >= 0.6 is 11.3 Å². The molecule has 1 aliphatic heterocycles. The molecule has 1 amide bonds. The largest absolute Gasteiger partial charge is 0.486 e. The van der Waals surface area contributed by atoms with Crippen LogP contribution in [0.1, 0.15) is 10.4 Å². The van der Waals surface area contributed by atoms with E-state index in [1.165, 1.54) is 30.3 Å². The minimum absolute atomic E-state index is 0.0626. The van der Waals surface area contributed by atoms with Gasteiger partial charge in [-0.25, -0.2) is 9.78 Å². The van der Waals surface area contributed by atoms with E-state index in [4.69, 9.17) is 14.2 Å². The van der Waals surface area contributed by atoms with Gasteiger partial charge in [-0.15, -0.1) is 0 Å². The Labute approximate surface area is 167 Å². The van der Waals surface area contributed by atoms with E-state index in [-0.39, 0.29) is 16.4 Å². The third kappa shape index (κ3) is 4.09. The van der Waals surface area contributed by atoms with Crippen LogP contribution in [0, 0.1) is 10.1 Å². The zero-order valence-corrected chi connectivity index (χ0v) is 15.6. The second-order valence-corrected chi connectivity index (χ2v) is 6.94. The van der Waals surface area contributed by atoms with Crippen LogP contribution in [0.15, 0.2) is 36.4 Å². The molecular formula is C18H13N3O7S. The molecule has 2 heterocycles. The number of aromatic nitrogens is 1. The van der Waals surface area contributed by atoms with Crippen LogP contribution in [-0.4, -0.2) is 41.6 Å². The molecule has 1 aromatic heterocycles. The van der Waals surface area contributed by atoms with E-state index in [1.807, 2.05) is 0 Å². The Morgan fingerprint density at radius 2 is 1.97 bits per heavy atom. The van der Waals surface area contributed by atoms with Crippen LogP contribution in [-0.2, 0) is 9.53 Å². The lowest BCUT2D eigenvalue weighted by atomic mass is 10.2. The molecule has 0 aliphatic carbocycles. The molecule has 0 bridgehead atoms. The normalized spacial score (nSPS) is 12.4. The van der Waals surface area contributed by atoms with Crippen molar-refractivity contribution in [2.75, 3.05) is 25.1 Å². The molecule has 29 heavy (non-hydrogen) atoms. The average Bonchev–Trinajstić information content (AvgIpc) is 3.12. The summed E-state index contributed by atoms with van der Waals surface area (Å²) >= 11 is 1.08. The first-order chi connectivity index (χ1) is 14.0. The average molecular weight is 415 g/mol. The molecule has 2 aromatic carbocycles. The van der Waals surface area contributed by atoms with Crippen LogP contribution in [0.25, 0.3) is 10.2 Å². The van der Waals surface area contributed by atoms with E-state index in [9.17, 15) is 19.7 Å². The number of nitro benzene ring substituents is 1. The number of amides is 1. The number of hydrogen-bond acceptors (Lipinski definition) is 9. The number of nitrogens with one attached hydrogen (secondary N) is 1. The number of nitrogens with zero attached hydrogens (tertiary/aromatic N) is 2. The van der Waals surface area contributed by atoms with Gasteiger partial charge < -0.3 is 14.2 Å². The number of esters is 1. The fourth-order valence-corrected chi connectivity index (χ4v) is 3.54. The van der Waals surface area contributed by atoms with Crippen LogP contribution in [0.5, 0.6) is 11.5 Å². The molecule has 4 rings (SSSR count). The summed E-state index contributed by atoms with van der Waals surface area (Å²) in [6.45, 7) is 0.318. The molecule has 1 N–H and O–H groups in total. The number of nitro groups is 1. The number of rotatable bonds is 5. The van der Waals surface area contributed by atoms with E-state index in [1.54, 1.807) is 6.07 Å². The second kappa shape index (κ2) is 7.72. The molecule has 0 saturated heterocycles. The lowest BCUT2D eigenvalue weighted by Crippen LogP contribution is -2.21. The Hall–Kier alpha value is -3.73. The Bertz CT molecular complexity index is 1130. The van der Waals surface area contributed by atoms with Crippen molar-refractivity contribution >= 4 is 44.2 Å². The second-order valence-electron chi connectivity index (χ2n) is 5.91. The number of thiazole rings is 1. The van der Waals surface area contributed by atoms with Gasteiger partial charge in [0.25, 0.3) is 11.6 Å². The maximum Gasteiger partial charge on any atom is 0.338 e. The summed E-state index contributed by atoms with van der Waals surface area (Å²) in [4.78, 5) is 38.7. The Kier molecular flexibility index (Phi) is 4.96. The van der Waals surface area contributed by atoms with Gasteiger partial charge in [-0.05, 0) is 24.3 Å². The number of hydrogen-bond donors (Lipinski definition) is 1. The maximum absolute atomic E-state index is 12.2. The molecule has 0 unspecified atom stereocenters. The summed E-state index contributed by atoms with van der Waals surface area (Å²) in [5.74, 6) is -0.276. The number of carbonyl (C=O) groups is 2. The molecule has 0 atom stereocenters. The third-order valence-corrected chi connectivity index (χ3v) is 4.88. The van der Waals surface area contributed by atoms with E-state index in [2.05, 4.69) is 10.3 Å². The topological polar surface area (TPSA) is 130 Å². The zero-order valence-electron chi connectivity index (χ0n) is 14.7. The smallest absolute Gasteiger partial charge is 0.338 e. The highest BCUT2D eigenvalue weighted by Gasteiger charge is 2.17. The Morgan fingerprint density at radius 3 is 2.76 bits per heavy atom. The summed E-state index contributed by atoms with van der Waals surface area (Å²) in [6, 6.07) is 8.84. The zero-order chi connectivity index (χ0) is 20.4. The standard InChI is InChI=1S/C18H13N3O7S/c22-16(20-18-19-12-3-2-11(21(24)25)8-15(12)29-18)9-28-17(23)10-1-4-13-14(7-10)27-6-5-26-13/h1-4,7-8H,5-6,9H2,(H,19,20,22). The fourth-order valence-electron chi connectivity index (χ4n) is 2.62. The van der Waals surface area contributed by atoms with Gasteiger partial charge in [0.1, 0.15) is 13.2 Å². The van der Waals surface area contributed by atoms with Crippen molar-refractivity contribution in [3.05, 3.63) is 52.1 Å². The summed E-state index contributed by atoms with van der Waals surface area (Å²) in [5, 5.41) is 13.6. The maximum atomic E-state index is 12.2. The number of fused-ring (bicyclic) bond motifs is 2. The number of carbonyl (C=O) groups excluding carboxylic acids is 2. The van der Waals surface area contributed by atoms with Crippen LogP contribution in [0.2, 0.25) is 0 Å². The fraction of sp³-hybridized carbons (Fsp3) is 0.167. The molecule has 0 spiro atoms. The molecule has 0 fully saturated rings. The van der Waals surface area contributed by atoms with E-state index in [0.29, 0.717) is 34.9 Å². The van der Waals surface area contributed by atoms with Crippen molar-refractivity contribution in [2.45, 2.75) is 0 Å². The van der Waals surface area contributed by atoms with Crippen molar-refractivity contribution < 1.29 is 28.7 Å². The molecular weight excluding hydrogens is 402 g/mol. The lowest BCUT2D eigenvalue weighted by molar-refractivity contribution is -0.384. The van der Waals surface area contributed by atoms with Gasteiger partial charge in [0, 0.05) is 12.1 Å². The van der Waals surface area contributed by atoms with Crippen molar-refractivity contribution in [3.8, 4) is 11.5 Å². The van der Waals surface area contributed by atoms with Gasteiger partial charge in [-0.1, -0.05) is 11.3 Å². The third-order valence-electron chi connectivity index (χ3n) is 3.94. The first kappa shape index (κ1) is 18.6. The van der Waals surface area contributed by atoms with Crippen molar-refractivity contribution in [1.82, 2.24) is 4.98 Å². The molecule has 0 saturated carbocycles. The van der Waals surface area contributed by atoms with Crippen LogP contribution in [0.4, 0.5) is 10.8 Å². The molecule has 11 heteroatoms. The molecule has 0 radical (unpaired) electrons.